The molecule has 0 aliphatic carbocycles. The van der Waals surface area contributed by atoms with E-state index in [1.165, 1.54) is 17.0 Å². The predicted octanol–water partition coefficient (Wildman–Crippen LogP) is 3.99. The van der Waals surface area contributed by atoms with Crippen LogP contribution in [0.15, 0.2) is 54.1 Å². The predicted molar refractivity (Wildman–Crippen MR) is 121 cm³/mol. The van der Waals surface area contributed by atoms with E-state index in [0.29, 0.717) is 36.6 Å². The molecule has 6 nitrogen and oxygen atoms in total. The second-order valence-corrected chi connectivity index (χ2v) is 7.53. The molecule has 1 aliphatic rings. The largest absolute Gasteiger partial charge is 0.507 e. The van der Waals surface area contributed by atoms with Crippen molar-refractivity contribution in [1.29, 1.82) is 0 Å². The number of rotatable bonds is 9. The Labute approximate surface area is 187 Å². The van der Waals surface area contributed by atoms with E-state index >= 15 is 0 Å². The van der Waals surface area contributed by atoms with Crippen molar-refractivity contribution in [2.24, 2.45) is 0 Å². The molecule has 0 unspecified atom stereocenters. The van der Waals surface area contributed by atoms with Gasteiger partial charge in [-0.05, 0) is 62.0 Å². The molecule has 32 heavy (non-hydrogen) atoms. The summed E-state index contributed by atoms with van der Waals surface area (Å²) in [7, 11) is 0. The fourth-order valence-electron chi connectivity index (χ4n) is 3.92. The normalized spacial score (nSPS) is 17.9. The first-order valence-electron chi connectivity index (χ1n) is 10.9. The Balaban J connectivity index is 2.05. The van der Waals surface area contributed by atoms with Gasteiger partial charge in [0, 0.05) is 18.7 Å². The molecule has 7 heteroatoms. The summed E-state index contributed by atoms with van der Waals surface area (Å²) in [5.41, 5.74) is 0.977. The van der Waals surface area contributed by atoms with Crippen molar-refractivity contribution in [1.82, 2.24) is 9.80 Å². The van der Waals surface area contributed by atoms with Gasteiger partial charge < -0.3 is 19.6 Å². The van der Waals surface area contributed by atoms with Gasteiger partial charge in [0.1, 0.15) is 17.3 Å². The lowest BCUT2D eigenvalue weighted by atomic mass is 9.95. The van der Waals surface area contributed by atoms with Crippen LogP contribution >= 0.6 is 0 Å². The van der Waals surface area contributed by atoms with Gasteiger partial charge in [0.25, 0.3) is 11.7 Å². The van der Waals surface area contributed by atoms with Crippen LogP contribution in [0.4, 0.5) is 4.39 Å². The van der Waals surface area contributed by atoms with Gasteiger partial charge in [-0.2, -0.15) is 0 Å². The lowest BCUT2D eigenvalue weighted by Crippen LogP contribution is -2.38. The average molecular weight is 441 g/mol. The van der Waals surface area contributed by atoms with E-state index in [9.17, 15) is 19.1 Å². The fourth-order valence-corrected chi connectivity index (χ4v) is 3.92. The summed E-state index contributed by atoms with van der Waals surface area (Å²) >= 11 is 0. The first kappa shape index (κ1) is 23.5. The van der Waals surface area contributed by atoms with E-state index in [4.69, 9.17) is 4.74 Å². The summed E-state index contributed by atoms with van der Waals surface area (Å²) in [6.07, 6.45) is 0. The second kappa shape index (κ2) is 10.4. The lowest BCUT2D eigenvalue weighted by Gasteiger charge is -2.28. The van der Waals surface area contributed by atoms with Crippen LogP contribution in [0.5, 0.6) is 5.75 Å². The number of nitrogens with zero attached hydrogens (tertiary/aromatic N) is 2. The molecule has 0 aromatic heterocycles. The highest BCUT2D eigenvalue weighted by Gasteiger charge is 2.45. The number of ketones is 1. The summed E-state index contributed by atoms with van der Waals surface area (Å²) in [4.78, 5) is 29.6. The maximum absolute atomic E-state index is 13.6. The summed E-state index contributed by atoms with van der Waals surface area (Å²) in [5.74, 6) is -1.45. The number of aliphatic hydroxyl groups is 1. The number of ether oxygens (including phenoxy) is 1. The SMILES string of the molecule is CCOc1ccc(/C(O)=C2\C(=O)C(=O)N(CCN(CC)CC)[C@@H]2c2ccc(F)cc2)cc1. The number of likely N-dealkylation sites (tertiary alicyclic amines) is 1. The zero-order chi connectivity index (χ0) is 23.3. The van der Waals surface area contributed by atoms with Gasteiger partial charge in [-0.25, -0.2) is 4.39 Å². The number of carbonyl (C=O) groups is 2. The smallest absolute Gasteiger partial charge is 0.295 e. The van der Waals surface area contributed by atoms with Crippen LogP contribution in [-0.2, 0) is 9.59 Å². The van der Waals surface area contributed by atoms with E-state index in [-0.39, 0.29) is 11.3 Å². The van der Waals surface area contributed by atoms with Crippen LogP contribution in [0.1, 0.15) is 37.9 Å². The average Bonchev–Trinajstić information content (AvgIpc) is 3.05. The lowest BCUT2D eigenvalue weighted by molar-refractivity contribution is -0.140. The van der Waals surface area contributed by atoms with E-state index in [0.717, 1.165) is 13.1 Å². The molecule has 1 amide bonds. The number of halogens is 1. The Morgan fingerprint density at radius 2 is 1.66 bits per heavy atom. The fraction of sp³-hybridized carbons (Fsp3) is 0.360. The second-order valence-electron chi connectivity index (χ2n) is 7.53. The van der Waals surface area contributed by atoms with Crippen LogP contribution < -0.4 is 4.74 Å². The molecule has 1 heterocycles. The van der Waals surface area contributed by atoms with Crippen molar-refractivity contribution in [2.75, 3.05) is 32.8 Å². The topological polar surface area (TPSA) is 70.1 Å². The molecule has 1 fully saturated rings. The number of hydrogen-bond acceptors (Lipinski definition) is 5. The Hall–Kier alpha value is -3.19. The van der Waals surface area contributed by atoms with Gasteiger partial charge in [-0.1, -0.05) is 26.0 Å². The molecule has 2 aromatic rings. The number of Topliss-reactive ketones (excluding diaryl/α,β-unsaturated/α-hetero) is 1. The van der Waals surface area contributed by atoms with Crippen LogP contribution in [0, 0.1) is 5.82 Å². The highest BCUT2D eigenvalue weighted by molar-refractivity contribution is 6.46. The van der Waals surface area contributed by atoms with Gasteiger partial charge in [0.2, 0.25) is 0 Å². The summed E-state index contributed by atoms with van der Waals surface area (Å²) in [6.45, 7) is 8.96. The molecule has 1 saturated heterocycles. The van der Waals surface area contributed by atoms with Crippen molar-refractivity contribution in [3.63, 3.8) is 0 Å². The highest BCUT2D eigenvalue weighted by Crippen LogP contribution is 2.39. The standard InChI is InChI=1S/C25H29FN2O4/c1-4-27(5-2)15-16-28-22(17-7-11-19(26)12-8-17)21(24(30)25(28)31)23(29)18-9-13-20(14-10-18)32-6-3/h7-14,22,29H,4-6,15-16H2,1-3H3/b23-21+/t22-/m1/s1. The Morgan fingerprint density at radius 1 is 1.03 bits per heavy atom. The Morgan fingerprint density at radius 3 is 2.22 bits per heavy atom. The van der Waals surface area contributed by atoms with Crippen LogP contribution in [-0.4, -0.2) is 59.4 Å². The highest BCUT2D eigenvalue weighted by atomic mass is 19.1. The van der Waals surface area contributed by atoms with E-state index in [1.54, 1.807) is 36.4 Å². The molecule has 1 atom stereocenters. The van der Waals surface area contributed by atoms with Gasteiger partial charge in [-0.3, -0.25) is 9.59 Å². The molecule has 170 valence electrons. The molecular formula is C25H29FN2O4. The Bertz CT molecular complexity index is 982. The molecule has 0 radical (unpaired) electrons. The van der Waals surface area contributed by atoms with Gasteiger partial charge in [-0.15, -0.1) is 0 Å². The van der Waals surface area contributed by atoms with Crippen LogP contribution in [0.25, 0.3) is 5.76 Å². The zero-order valence-electron chi connectivity index (χ0n) is 18.7. The maximum Gasteiger partial charge on any atom is 0.295 e. The summed E-state index contributed by atoms with van der Waals surface area (Å²) in [5, 5.41) is 11.1. The quantitative estimate of drug-likeness (QED) is 0.363. The zero-order valence-corrected chi connectivity index (χ0v) is 18.7. The number of amides is 1. The minimum atomic E-state index is -0.794. The number of carbonyl (C=O) groups excluding carboxylic acids is 2. The monoisotopic (exact) mass is 440 g/mol. The first-order valence-corrected chi connectivity index (χ1v) is 10.9. The van der Waals surface area contributed by atoms with E-state index in [1.807, 2.05) is 20.8 Å². The van der Waals surface area contributed by atoms with Gasteiger partial charge in [0.05, 0.1) is 18.2 Å². The first-order chi connectivity index (χ1) is 15.4. The minimum Gasteiger partial charge on any atom is -0.507 e. The van der Waals surface area contributed by atoms with Crippen LogP contribution in [0.2, 0.25) is 0 Å². The van der Waals surface area contributed by atoms with Crippen molar-refractivity contribution >= 4 is 17.4 Å². The third-order valence-electron chi connectivity index (χ3n) is 5.72. The minimum absolute atomic E-state index is 0.00492. The van der Waals surface area contributed by atoms with Crippen molar-refractivity contribution in [2.45, 2.75) is 26.8 Å². The van der Waals surface area contributed by atoms with E-state index < -0.39 is 23.5 Å². The summed E-state index contributed by atoms with van der Waals surface area (Å²) in [6, 6.07) is 11.6. The third kappa shape index (κ3) is 4.83. The molecule has 0 bridgehead atoms. The molecule has 1 N–H and O–H groups in total. The summed E-state index contributed by atoms with van der Waals surface area (Å²) < 4.78 is 19.0. The molecule has 0 spiro atoms. The molecule has 3 rings (SSSR count). The van der Waals surface area contributed by atoms with Gasteiger partial charge in [0.15, 0.2) is 0 Å². The van der Waals surface area contributed by atoms with Crippen molar-refractivity contribution in [3.8, 4) is 5.75 Å². The Kier molecular flexibility index (Phi) is 7.64. The number of hydrogen-bond donors (Lipinski definition) is 1. The van der Waals surface area contributed by atoms with Crippen molar-refractivity contribution in [3.05, 3.63) is 71.0 Å². The molecule has 0 saturated carbocycles. The van der Waals surface area contributed by atoms with Crippen LogP contribution in [0.3, 0.4) is 0 Å². The number of likely N-dealkylation sites (N-methyl/N-ethyl adjacent to an activating group) is 1. The molecule has 1 aliphatic heterocycles. The molecule has 2 aromatic carbocycles. The van der Waals surface area contributed by atoms with E-state index in [2.05, 4.69) is 4.90 Å². The number of aliphatic hydroxyl groups excluding tert-OH is 1. The molecular weight excluding hydrogens is 411 g/mol. The maximum atomic E-state index is 13.6. The third-order valence-corrected chi connectivity index (χ3v) is 5.72. The van der Waals surface area contributed by atoms with Crippen molar-refractivity contribution < 1.29 is 23.8 Å². The van der Waals surface area contributed by atoms with Gasteiger partial charge >= 0.3 is 0 Å². The number of benzene rings is 2.